The number of halogens is 1. The van der Waals surface area contributed by atoms with Gasteiger partial charge in [-0.05, 0) is 30.5 Å². The van der Waals surface area contributed by atoms with Crippen molar-refractivity contribution in [1.82, 2.24) is 4.98 Å². The third kappa shape index (κ3) is 3.02. The zero-order valence-electron chi connectivity index (χ0n) is 10.6. The fourth-order valence-corrected chi connectivity index (χ4v) is 2.45. The van der Waals surface area contributed by atoms with Crippen molar-refractivity contribution in [3.63, 3.8) is 0 Å². The quantitative estimate of drug-likeness (QED) is 0.837. The van der Waals surface area contributed by atoms with Gasteiger partial charge in [0.25, 0.3) is 0 Å². The first kappa shape index (κ1) is 13.8. The van der Waals surface area contributed by atoms with Gasteiger partial charge in [0.2, 0.25) is 0 Å². The van der Waals surface area contributed by atoms with Crippen LogP contribution in [0.1, 0.15) is 40.2 Å². The maximum atomic E-state index is 11.7. The van der Waals surface area contributed by atoms with Crippen LogP contribution in [0.15, 0.2) is 42.5 Å². The Balaban J connectivity index is 0.00000133. The van der Waals surface area contributed by atoms with Crippen LogP contribution in [0, 0.1) is 0 Å². The highest BCUT2D eigenvalue weighted by molar-refractivity contribution is 5.97. The summed E-state index contributed by atoms with van der Waals surface area (Å²) < 4.78 is 0. The van der Waals surface area contributed by atoms with E-state index in [1.54, 1.807) is 0 Å². The largest absolute Gasteiger partial charge is 0.294 e. The number of aromatic nitrogens is 1. The lowest BCUT2D eigenvalue weighted by molar-refractivity contribution is 0.0971. The van der Waals surface area contributed by atoms with Gasteiger partial charge in [0.1, 0.15) is 0 Å². The minimum Gasteiger partial charge on any atom is -0.294 e. The summed E-state index contributed by atoms with van der Waals surface area (Å²) >= 11 is 0. The molecule has 0 fully saturated rings. The zero-order chi connectivity index (χ0) is 12.4. The lowest BCUT2D eigenvalue weighted by atomic mass is 9.94. The number of ketones is 1. The molecule has 1 aliphatic rings. The van der Waals surface area contributed by atoms with E-state index in [9.17, 15) is 4.79 Å². The van der Waals surface area contributed by atoms with Crippen LogP contribution in [-0.2, 0) is 12.8 Å². The lowest BCUT2D eigenvalue weighted by Crippen LogP contribution is -2.13. The molecule has 1 aliphatic carbocycles. The Morgan fingerprint density at radius 2 is 1.79 bits per heavy atom. The van der Waals surface area contributed by atoms with Crippen LogP contribution in [0.25, 0.3) is 0 Å². The number of hydrogen-bond acceptors (Lipinski definition) is 2. The van der Waals surface area contributed by atoms with Gasteiger partial charge in [-0.2, -0.15) is 0 Å². The number of nitrogens with zero attached hydrogens (tertiary/aromatic N) is 1. The Hall–Kier alpha value is -1.67. The Labute approximate surface area is 119 Å². The summed E-state index contributed by atoms with van der Waals surface area (Å²) in [4.78, 5) is 16.4. The smallest absolute Gasteiger partial charge is 0.164 e. The van der Waals surface area contributed by atoms with Crippen LogP contribution in [0.3, 0.4) is 0 Å². The molecule has 0 saturated heterocycles. The van der Waals surface area contributed by atoms with Crippen molar-refractivity contribution in [2.24, 2.45) is 0 Å². The summed E-state index contributed by atoms with van der Waals surface area (Å²) in [5.74, 6) is 0.245. The number of rotatable bonds is 2. The Bertz CT molecular complexity index is 581. The summed E-state index contributed by atoms with van der Waals surface area (Å²) in [6.07, 6.45) is 3.38. The highest BCUT2D eigenvalue weighted by Gasteiger charge is 2.18. The van der Waals surface area contributed by atoms with Gasteiger partial charge in [0.15, 0.2) is 5.78 Å². The first-order valence-corrected chi connectivity index (χ1v) is 6.39. The average molecular weight is 274 g/mol. The van der Waals surface area contributed by atoms with Crippen LogP contribution in [-0.4, -0.2) is 10.8 Å². The van der Waals surface area contributed by atoms with E-state index in [2.05, 4.69) is 17.1 Å². The summed E-state index contributed by atoms with van der Waals surface area (Å²) in [5, 5.41) is 0. The maximum absolute atomic E-state index is 11.7. The van der Waals surface area contributed by atoms with E-state index >= 15 is 0 Å². The van der Waals surface area contributed by atoms with Crippen molar-refractivity contribution < 1.29 is 4.79 Å². The summed E-state index contributed by atoms with van der Waals surface area (Å²) in [7, 11) is 0. The molecule has 0 bridgehead atoms. The molecular formula is C16H16ClNO. The summed E-state index contributed by atoms with van der Waals surface area (Å²) in [6, 6.07) is 14.2. The molecule has 0 saturated carbocycles. The third-order valence-corrected chi connectivity index (χ3v) is 3.38. The van der Waals surface area contributed by atoms with Gasteiger partial charge in [-0.25, -0.2) is 0 Å². The lowest BCUT2D eigenvalue weighted by Gasteiger charge is -2.14. The van der Waals surface area contributed by atoms with Crippen LogP contribution < -0.4 is 0 Å². The van der Waals surface area contributed by atoms with Crippen LogP contribution in [0.4, 0.5) is 0 Å². The van der Waals surface area contributed by atoms with Crippen molar-refractivity contribution >= 4 is 18.2 Å². The van der Waals surface area contributed by atoms with Gasteiger partial charge in [0.05, 0.1) is 5.69 Å². The van der Waals surface area contributed by atoms with E-state index in [0.717, 1.165) is 36.2 Å². The van der Waals surface area contributed by atoms with Gasteiger partial charge in [0, 0.05) is 24.1 Å². The standard InChI is InChI=1S/C16H15NO.ClH/c18-16-8-4-7-15-14(16)10-9-13(17-15)11-12-5-2-1-3-6-12;/h1-3,5-6,9-10H,4,7-8,11H2;1H. The highest BCUT2D eigenvalue weighted by atomic mass is 35.5. The molecule has 1 aromatic carbocycles. The van der Waals surface area contributed by atoms with Crippen LogP contribution in [0.2, 0.25) is 0 Å². The van der Waals surface area contributed by atoms with Crippen LogP contribution >= 0.6 is 12.4 Å². The van der Waals surface area contributed by atoms with Crippen molar-refractivity contribution in [1.29, 1.82) is 0 Å². The Morgan fingerprint density at radius 1 is 1.00 bits per heavy atom. The fraction of sp³-hybridized carbons (Fsp3) is 0.250. The predicted octanol–water partition coefficient (Wildman–Crippen LogP) is 3.61. The minimum atomic E-state index is 0. The molecule has 3 heteroatoms. The maximum Gasteiger partial charge on any atom is 0.164 e. The van der Waals surface area contributed by atoms with E-state index in [-0.39, 0.29) is 18.2 Å². The summed E-state index contributed by atoms with van der Waals surface area (Å²) in [6.45, 7) is 0. The number of pyridine rings is 1. The third-order valence-electron chi connectivity index (χ3n) is 3.38. The number of carbonyl (C=O) groups is 1. The molecule has 0 unspecified atom stereocenters. The molecule has 19 heavy (non-hydrogen) atoms. The monoisotopic (exact) mass is 273 g/mol. The Kier molecular flexibility index (Phi) is 4.33. The topological polar surface area (TPSA) is 30.0 Å². The number of aryl methyl sites for hydroxylation is 1. The van der Waals surface area contributed by atoms with E-state index in [4.69, 9.17) is 0 Å². The summed E-state index contributed by atoms with van der Waals surface area (Å²) in [5.41, 5.74) is 4.12. The van der Waals surface area contributed by atoms with Gasteiger partial charge in [-0.3, -0.25) is 9.78 Å². The molecule has 0 N–H and O–H groups in total. The molecule has 0 radical (unpaired) electrons. The zero-order valence-corrected chi connectivity index (χ0v) is 11.5. The number of benzene rings is 1. The van der Waals surface area contributed by atoms with Gasteiger partial charge in [-0.15, -0.1) is 12.4 Å². The van der Waals surface area contributed by atoms with E-state index in [1.807, 2.05) is 30.3 Å². The van der Waals surface area contributed by atoms with E-state index in [1.165, 1.54) is 5.56 Å². The molecule has 2 aromatic rings. The number of fused-ring (bicyclic) bond motifs is 1. The first-order chi connectivity index (χ1) is 8.83. The van der Waals surface area contributed by atoms with E-state index < -0.39 is 0 Å². The van der Waals surface area contributed by atoms with Crippen molar-refractivity contribution in [2.75, 3.05) is 0 Å². The van der Waals surface area contributed by atoms with Gasteiger partial charge in [-0.1, -0.05) is 30.3 Å². The molecule has 98 valence electrons. The highest BCUT2D eigenvalue weighted by Crippen LogP contribution is 2.20. The SMILES string of the molecule is Cl.O=C1CCCc2nc(Cc3ccccc3)ccc21. The van der Waals surface area contributed by atoms with Crippen molar-refractivity contribution in [3.8, 4) is 0 Å². The number of hydrogen-bond donors (Lipinski definition) is 0. The van der Waals surface area contributed by atoms with E-state index in [0.29, 0.717) is 6.42 Å². The molecule has 3 rings (SSSR count). The van der Waals surface area contributed by atoms with Gasteiger partial charge < -0.3 is 0 Å². The van der Waals surface area contributed by atoms with Gasteiger partial charge >= 0.3 is 0 Å². The first-order valence-electron chi connectivity index (χ1n) is 6.39. The number of carbonyl (C=O) groups excluding carboxylic acids is 1. The molecule has 1 heterocycles. The second-order valence-corrected chi connectivity index (χ2v) is 4.74. The second kappa shape index (κ2) is 5.98. The predicted molar refractivity (Wildman–Crippen MR) is 78.0 cm³/mol. The second-order valence-electron chi connectivity index (χ2n) is 4.74. The fourth-order valence-electron chi connectivity index (χ4n) is 2.45. The molecule has 0 spiro atoms. The Morgan fingerprint density at radius 3 is 2.58 bits per heavy atom. The number of Topliss-reactive ketones (excluding diaryl/α,β-unsaturated/α-hetero) is 1. The normalized spacial score (nSPS) is 13.6. The molecular weight excluding hydrogens is 258 g/mol. The minimum absolute atomic E-state index is 0. The molecule has 0 atom stereocenters. The molecule has 0 amide bonds. The molecule has 1 aromatic heterocycles. The molecule has 2 nitrogen and oxygen atoms in total. The van der Waals surface area contributed by atoms with Crippen LogP contribution in [0.5, 0.6) is 0 Å². The van der Waals surface area contributed by atoms with Crippen molar-refractivity contribution in [3.05, 3.63) is 65.0 Å². The average Bonchev–Trinajstić information content (AvgIpc) is 2.40. The van der Waals surface area contributed by atoms with Crippen molar-refractivity contribution in [2.45, 2.75) is 25.7 Å². The molecule has 0 aliphatic heterocycles.